The molecule has 1 atom stereocenters. The lowest BCUT2D eigenvalue weighted by molar-refractivity contribution is -0.124. The molecule has 112 valence electrons. The van der Waals surface area contributed by atoms with E-state index in [4.69, 9.17) is 0 Å². The maximum absolute atomic E-state index is 12.4. The van der Waals surface area contributed by atoms with E-state index in [-0.39, 0.29) is 0 Å². The summed E-state index contributed by atoms with van der Waals surface area (Å²) in [5.41, 5.74) is 1.78. The van der Waals surface area contributed by atoms with Crippen LogP contribution < -0.4 is 10.6 Å². The zero-order valence-electron chi connectivity index (χ0n) is 12.5. The van der Waals surface area contributed by atoms with Gasteiger partial charge < -0.3 is 10.6 Å². The minimum Gasteiger partial charge on any atom is -0.353 e. The van der Waals surface area contributed by atoms with Gasteiger partial charge in [-0.05, 0) is 62.1 Å². The van der Waals surface area contributed by atoms with Gasteiger partial charge in [-0.25, -0.2) is 0 Å². The molecule has 1 amide bonds. The predicted octanol–water partition coefficient (Wildman–Crippen LogP) is 2.44. The van der Waals surface area contributed by atoms with E-state index in [0.717, 1.165) is 32.4 Å². The van der Waals surface area contributed by atoms with Gasteiger partial charge >= 0.3 is 0 Å². The van der Waals surface area contributed by atoms with E-state index in [0.29, 0.717) is 29.2 Å². The normalized spacial score (nSPS) is 33.2. The van der Waals surface area contributed by atoms with Crippen molar-refractivity contribution < 1.29 is 4.79 Å². The molecule has 1 aliphatic heterocycles. The van der Waals surface area contributed by atoms with E-state index in [2.05, 4.69) is 41.0 Å². The maximum Gasteiger partial charge on any atom is 0.223 e. The Morgan fingerprint density at radius 1 is 1.14 bits per heavy atom. The Kier molecular flexibility index (Phi) is 3.26. The van der Waals surface area contributed by atoms with E-state index in [1.54, 1.807) is 0 Å². The van der Waals surface area contributed by atoms with Crippen molar-refractivity contribution in [1.82, 2.24) is 10.6 Å². The van der Waals surface area contributed by atoms with Crippen LogP contribution in [0.15, 0.2) is 30.3 Å². The van der Waals surface area contributed by atoms with Gasteiger partial charge in [0.25, 0.3) is 0 Å². The highest BCUT2D eigenvalue weighted by molar-refractivity contribution is 5.83. The average molecular weight is 284 g/mol. The molecule has 3 nitrogen and oxygen atoms in total. The maximum atomic E-state index is 12.4. The first-order chi connectivity index (χ1) is 10.3. The number of hydrogen-bond donors (Lipinski definition) is 2. The monoisotopic (exact) mass is 284 g/mol. The lowest BCUT2D eigenvalue weighted by atomic mass is 9.76. The van der Waals surface area contributed by atoms with Gasteiger partial charge in [0.05, 0.1) is 0 Å². The Balaban J connectivity index is 1.26. The SMILES string of the molecule is O=C(NC1CC(c2ccccc2)C1)C1CC12CCNCC2. The van der Waals surface area contributed by atoms with Crippen LogP contribution in [0, 0.1) is 11.3 Å². The lowest BCUT2D eigenvalue weighted by Crippen LogP contribution is -2.45. The third-order valence-electron chi connectivity index (χ3n) is 5.86. The number of hydrogen-bond acceptors (Lipinski definition) is 2. The number of rotatable bonds is 3. The number of carbonyl (C=O) groups excluding carboxylic acids is 1. The highest BCUT2D eigenvalue weighted by Crippen LogP contribution is 2.58. The van der Waals surface area contributed by atoms with Gasteiger partial charge in [0.1, 0.15) is 0 Å². The van der Waals surface area contributed by atoms with Crippen molar-refractivity contribution >= 4 is 5.91 Å². The molecule has 1 heterocycles. The van der Waals surface area contributed by atoms with Gasteiger partial charge in [-0.1, -0.05) is 30.3 Å². The van der Waals surface area contributed by atoms with Crippen LogP contribution in [0.3, 0.4) is 0 Å². The van der Waals surface area contributed by atoms with Crippen molar-refractivity contribution in [3.8, 4) is 0 Å². The molecule has 1 unspecified atom stereocenters. The topological polar surface area (TPSA) is 41.1 Å². The molecule has 0 aromatic heterocycles. The summed E-state index contributed by atoms with van der Waals surface area (Å²) in [6, 6.07) is 11.1. The van der Waals surface area contributed by atoms with Crippen LogP contribution in [0.4, 0.5) is 0 Å². The van der Waals surface area contributed by atoms with Crippen LogP contribution >= 0.6 is 0 Å². The van der Waals surface area contributed by atoms with Crippen molar-refractivity contribution in [3.05, 3.63) is 35.9 Å². The van der Waals surface area contributed by atoms with E-state index >= 15 is 0 Å². The molecule has 3 fully saturated rings. The van der Waals surface area contributed by atoms with E-state index < -0.39 is 0 Å². The van der Waals surface area contributed by atoms with Crippen LogP contribution in [0.5, 0.6) is 0 Å². The summed E-state index contributed by atoms with van der Waals surface area (Å²) in [5, 5.41) is 6.69. The Labute approximate surface area is 126 Å². The number of benzene rings is 1. The molecule has 3 heteroatoms. The summed E-state index contributed by atoms with van der Waals surface area (Å²) in [4.78, 5) is 12.4. The Morgan fingerprint density at radius 2 is 1.86 bits per heavy atom. The predicted molar refractivity (Wildman–Crippen MR) is 83.0 cm³/mol. The molecule has 21 heavy (non-hydrogen) atoms. The second-order valence-corrected chi connectivity index (χ2v) is 7.15. The first-order valence-corrected chi connectivity index (χ1v) is 8.33. The van der Waals surface area contributed by atoms with E-state index in [1.807, 2.05) is 0 Å². The van der Waals surface area contributed by atoms with Crippen LogP contribution in [0.1, 0.15) is 43.6 Å². The van der Waals surface area contributed by atoms with Gasteiger partial charge in [-0.15, -0.1) is 0 Å². The number of nitrogens with one attached hydrogen (secondary N) is 2. The molecule has 0 radical (unpaired) electrons. The number of carbonyl (C=O) groups is 1. The van der Waals surface area contributed by atoms with Crippen molar-refractivity contribution in [2.24, 2.45) is 11.3 Å². The zero-order chi connectivity index (χ0) is 14.3. The fourth-order valence-corrected chi connectivity index (χ4v) is 4.23. The van der Waals surface area contributed by atoms with Gasteiger partial charge in [0, 0.05) is 12.0 Å². The fraction of sp³-hybridized carbons (Fsp3) is 0.611. The molecule has 2 N–H and O–H groups in total. The molecule has 2 saturated carbocycles. The van der Waals surface area contributed by atoms with Gasteiger partial charge in [-0.3, -0.25) is 4.79 Å². The minimum atomic E-state index is 0.301. The Hall–Kier alpha value is -1.35. The minimum absolute atomic E-state index is 0.301. The summed E-state index contributed by atoms with van der Waals surface area (Å²) in [5.74, 6) is 1.27. The zero-order valence-corrected chi connectivity index (χ0v) is 12.5. The van der Waals surface area contributed by atoms with Crippen LogP contribution in [-0.4, -0.2) is 25.0 Å². The Bertz CT molecular complexity index is 515. The summed E-state index contributed by atoms with van der Waals surface area (Å²) >= 11 is 0. The molecule has 1 aromatic rings. The largest absolute Gasteiger partial charge is 0.353 e. The first kappa shape index (κ1) is 13.3. The van der Waals surface area contributed by atoms with Crippen molar-refractivity contribution in [2.75, 3.05) is 13.1 Å². The van der Waals surface area contributed by atoms with Gasteiger partial charge in [0.15, 0.2) is 0 Å². The summed E-state index contributed by atoms with van der Waals surface area (Å²) in [7, 11) is 0. The third-order valence-corrected chi connectivity index (χ3v) is 5.86. The fourth-order valence-electron chi connectivity index (χ4n) is 4.23. The molecular weight excluding hydrogens is 260 g/mol. The molecule has 1 spiro atoms. The van der Waals surface area contributed by atoms with Crippen LogP contribution in [0.25, 0.3) is 0 Å². The molecule has 4 rings (SSSR count). The second kappa shape index (κ2) is 5.13. The van der Waals surface area contributed by atoms with E-state index in [1.165, 1.54) is 18.4 Å². The quantitative estimate of drug-likeness (QED) is 0.895. The van der Waals surface area contributed by atoms with Crippen molar-refractivity contribution in [2.45, 2.75) is 44.1 Å². The van der Waals surface area contributed by atoms with Gasteiger partial charge in [0.2, 0.25) is 5.91 Å². The highest BCUT2D eigenvalue weighted by atomic mass is 16.2. The molecule has 1 saturated heterocycles. The summed E-state index contributed by atoms with van der Waals surface area (Å²) in [6.45, 7) is 2.17. The van der Waals surface area contributed by atoms with Crippen LogP contribution in [-0.2, 0) is 4.79 Å². The number of amides is 1. The van der Waals surface area contributed by atoms with Gasteiger partial charge in [-0.2, -0.15) is 0 Å². The van der Waals surface area contributed by atoms with Crippen molar-refractivity contribution in [3.63, 3.8) is 0 Å². The Morgan fingerprint density at radius 3 is 2.57 bits per heavy atom. The van der Waals surface area contributed by atoms with Crippen molar-refractivity contribution in [1.29, 1.82) is 0 Å². The highest BCUT2D eigenvalue weighted by Gasteiger charge is 2.57. The van der Waals surface area contributed by atoms with E-state index in [9.17, 15) is 4.79 Å². The first-order valence-electron chi connectivity index (χ1n) is 8.33. The smallest absolute Gasteiger partial charge is 0.223 e. The standard InChI is InChI=1S/C18H24N2O/c21-17(16-12-18(16)6-8-19-9-7-18)20-15-10-14(11-15)13-4-2-1-3-5-13/h1-5,14-16,19H,6-12H2,(H,20,21). The third kappa shape index (κ3) is 2.48. The summed E-state index contributed by atoms with van der Waals surface area (Å²) < 4.78 is 0. The number of piperidine rings is 1. The molecule has 1 aromatic carbocycles. The molecule has 2 aliphatic carbocycles. The summed E-state index contributed by atoms with van der Waals surface area (Å²) in [6.07, 6.45) is 5.70. The lowest BCUT2D eigenvalue weighted by Gasteiger charge is -2.36. The average Bonchev–Trinajstić information content (AvgIpc) is 3.17. The van der Waals surface area contributed by atoms with Crippen LogP contribution in [0.2, 0.25) is 0 Å². The second-order valence-electron chi connectivity index (χ2n) is 7.15. The molecule has 0 bridgehead atoms. The molecular formula is C18H24N2O. The molecule has 3 aliphatic rings.